The van der Waals surface area contributed by atoms with Crippen LogP contribution < -0.4 is 0 Å². The normalized spacial score (nSPS) is 9.53. The highest BCUT2D eigenvalue weighted by molar-refractivity contribution is 5.84. The Morgan fingerprint density at radius 3 is 1.95 bits per heavy atom. The lowest BCUT2D eigenvalue weighted by Gasteiger charge is -1.97. The van der Waals surface area contributed by atoms with Crippen molar-refractivity contribution >= 4 is 16.8 Å². The molecule has 0 aromatic heterocycles. The third-order valence-electron chi connectivity index (χ3n) is 2.95. The van der Waals surface area contributed by atoms with E-state index in [0.29, 0.717) is 0 Å². The van der Waals surface area contributed by atoms with Crippen LogP contribution in [0, 0.1) is 6.92 Å². The molecule has 0 aliphatic rings. The van der Waals surface area contributed by atoms with Gasteiger partial charge in [0.2, 0.25) is 0 Å². The van der Waals surface area contributed by atoms with Crippen molar-refractivity contribution in [3.8, 4) is 0 Å². The highest BCUT2D eigenvalue weighted by Crippen LogP contribution is 2.15. The van der Waals surface area contributed by atoms with E-state index in [0.717, 1.165) is 0 Å². The van der Waals surface area contributed by atoms with E-state index in [1.54, 1.807) is 0 Å². The smallest absolute Gasteiger partial charge is 0.0178 e. The van der Waals surface area contributed by atoms with Crippen LogP contribution in [0.3, 0.4) is 0 Å². The molecule has 0 amide bonds. The summed E-state index contributed by atoms with van der Waals surface area (Å²) >= 11 is 0. The fourth-order valence-electron chi connectivity index (χ4n) is 1.87. The molecule has 0 nitrogen and oxygen atoms in total. The zero-order chi connectivity index (χ0) is 13.5. The molecule has 0 N–H and O–H groups in total. The first-order valence-electron chi connectivity index (χ1n) is 6.42. The van der Waals surface area contributed by atoms with Gasteiger partial charge in [0, 0.05) is 0 Å². The predicted octanol–water partition coefficient (Wildman–Crippen LogP) is 5.48. The van der Waals surface area contributed by atoms with Crippen LogP contribution in [0.25, 0.3) is 16.8 Å². The minimum Gasteiger partial charge on any atom is -0.0985 e. The Labute approximate surface area is 115 Å². The van der Waals surface area contributed by atoms with Gasteiger partial charge in [0.15, 0.2) is 0 Å². The standard InChI is InChI=1S/C12H10.C7H8/c1-2-10-7-8-11-5-3-4-6-12(11)9-10;1-7-5-3-2-4-6-7/h2-9H,1H2;2-6H,1H3. The van der Waals surface area contributed by atoms with E-state index in [9.17, 15) is 0 Å². The van der Waals surface area contributed by atoms with Crippen LogP contribution in [0.4, 0.5) is 0 Å². The largest absolute Gasteiger partial charge is 0.0985 e. The van der Waals surface area contributed by atoms with Crippen LogP contribution in [0.15, 0.2) is 79.4 Å². The van der Waals surface area contributed by atoms with Crippen molar-refractivity contribution in [1.29, 1.82) is 0 Å². The molecular weight excluding hydrogens is 228 g/mol. The molecule has 0 aliphatic carbocycles. The van der Waals surface area contributed by atoms with Gasteiger partial charge in [-0.05, 0) is 29.3 Å². The van der Waals surface area contributed by atoms with Crippen LogP contribution in [0.2, 0.25) is 0 Å². The van der Waals surface area contributed by atoms with Crippen LogP contribution in [-0.2, 0) is 0 Å². The van der Waals surface area contributed by atoms with Gasteiger partial charge in [-0.2, -0.15) is 0 Å². The number of hydrogen-bond donors (Lipinski definition) is 0. The second-order valence-corrected chi connectivity index (χ2v) is 4.47. The Kier molecular flexibility index (Phi) is 4.52. The molecule has 0 bridgehead atoms. The van der Waals surface area contributed by atoms with Gasteiger partial charge in [-0.1, -0.05) is 84.9 Å². The molecule has 0 heteroatoms. The first kappa shape index (κ1) is 13.1. The molecule has 0 saturated carbocycles. The number of benzene rings is 3. The highest BCUT2D eigenvalue weighted by Gasteiger charge is 1.90. The summed E-state index contributed by atoms with van der Waals surface area (Å²) < 4.78 is 0. The molecule has 0 fully saturated rings. The molecule has 0 saturated heterocycles. The van der Waals surface area contributed by atoms with E-state index < -0.39 is 0 Å². The first-order chi connectivity index (χ1) is 9.29. The van der Waals surface area contributed by atoms with Crippen molar-refractivity contribution in [2.24, 2.45) is 0 Å². The summed E-state index contributed by atoms with van der Waals surface area (Å²) in [7, 11) is 0. The van der Waals surface area contributed by atoms with Crippen molar-refractivity contribution in [3.05, 3.63) is 90.5 Å². The third-order valence-corrected chi connectivity index (χ3v) is 2.95. The van der Waals surface area contributed by atoms with E-state index in [1.165, 1.54) is 21.9 Å². The summed E-state index contributed by atoms with van der Waals surface area (Å²) in [6.45, 7) is 5.82. The SMILES string of the molecule is C=Cc1ccc2ccccc2c1.Cc1ccccc1. The van der Waals surface area contributed by atoms with Crippen molar-refractivity contribution < 1.29 is 0 Å². The predicted molar refractivity (Wildman–Crippen MR) is 85.2 cm³/mol. The molecule has 0 atom stereocenters. The Balaban J connectivity index is 0.000000163. The van der Waals surface area contributed by atoms with E-state index >= 15 is 0 Å². The summed E-state index contributed by atoms with van der Waals surface area (Å²) in [5.74, 6) is 0. The number of hydrogen-bond acceptors (Lipinski definition) is 0. The van der Waals surface area contributed by atoms with Gasteiger partial charge in [0.25, 0.3) is 0 Å². The molecule has 94 valence electrons. The van der Waals surface area contributed by atoms with Gasteiger partial charge in [-0.15, -0.1) is 0 Å². The van der Waals surface area contributed by atoms with Gasteiger partial charge in [0.1, 0.15) is 0 Å². The number of fused-ring (bicyclic) bond motifs is 1. The quantitative estimate of drug-likeness (QED) is 0.533. The second-order valence-electron chi connectivity index (χ2n) is 4.47. The lowest BCUT2D eigenvalue weighted by molar-refractivity contribution is 1.48. The van der Waals surface area contributed by atoms with Crippen LogP contribution in [-0.4, -0.2) is 0 Å². The van der Waals surface area contributed by atoms with Crippen molar-refractivity contribution in [1.82, 2.24) is 0 Å². The maximum absolute atomic E-state index is 3.74. The summed E-state index contributed by atoms with van der Waals surface area (Å²) in [4.78, 5) is 0. The Bertz CT molecular complexity index is 651. The van der Waals surface area contributed by atoms with Gasteiger partial charge >= 0.3 is 0 Å². The van der Waals surface area contributed by atoms with E-state index in [1.807, 2.05) is 24.3 Å². The van der Waals surface area contributed by atoms with Crippen molar-refractivity contribution in [2.45, 2.75) is 6.92 Å². The van der Waals surface area contributed by atoms with Gasteiger partial charge < -0.3 is 0 Å². The molecule has 3 aromatic carbocycles. The molecule has 3 rings (SSSR count). The zero-order valence-electron chi connectivity index (χ0n) is 11.2. The monoisotopic (exact) mass is 246 g/mol. The van der Waals surface area contributed by atoms with Crippen LogP contribution in [0.1, 0.15) is 11.1 Å². The Hall–Kier alpha value is -2.34. The average Bonchev–Trinajstić information content (AvgIpc) is 2.48. The van der Waals surface area contributed by atoms with Gasteiger partial charge in [-0.25, -0.2) is 0 Å². The second kappa shape index (κ2) is 6.55. The third kappa shape index (κ3) is 3.82. The zero-order valence-corrected chi connectivity index (χ0v) is 11.2. The molecule has 3 aromatic rings. The van der Waals surface area contributed by atoms with Crippen LogP contribution in [0.5, 0.6) is 0 Å². The summed E-state index contributed by atoms with van der Waals surface area (Å²) in [6, 6.07) is 24.9. The van der Waals surface area contributed by atoms with Crippen molar-refractivity contribution in [2.75, 3.05) is 0 Å². The molecule has 19 heavy (non-hydrogen) atoms. The average molecular weight is 246 g/mol. The fourth-order valence-corrected chi connectivity index (χ4v) is 1.87. The molecular formula is C19H18. The highest BCUT2D eigenvalue weighted by atomic mass is 14.0. The maximum atomic E-state index is 3.74. The molecule has 0 heterocycles. The Morgan fingerprint density at radius 2 is 1.37 bits per heavy atom. The molecule has 0 aliphatic heterocycles. The van der Waals surface area contributed by atoms with Gasteiger partial charge in [-0.3, -0.25) is 0 Å². The lowest BCUT2D eigenvalue weighted by atomic mass is 10.1. The minimum absolute atomic E-state index is 1.17. The molecule has 0 radical (unpaired) electrons. The maximum Gasteiger partial charge on any atom is -0.0178 e. The topological polar surface area (TPSA) is 0 Å². The van der Waals surface area contributed by atoms with Crippen molar-refractivity contribution in [3.63, 3.8) is 0 Å². The minimum atomic E-state index is 1.17. The fraction of sp³-hybridized carbons (Fsp3) is 0.0526. The number of rotatable bonds is 1. The van der Waals surface area contributed by atoms with Crippen LogP contribution >= 0.6 is 0 Å². The van der Waals surface area contributed by atoms with E-state index in [4.69, 9.17) is 0 Å². The van der Waals surface area contributed by atoms with E-state index in [2.05, 4.69) is 68.1 Å². The summed E-state index contributed by atoms with van der Waals surface area (Å²) in [6.07, 6.45) is 1.87. The lowest BCUT2D eigenvalue weighted by Crippen LogP contribution is -1.73. The molecule has 0 unspecified atom stereocenters. The number of aryl methyl sites for hydroxylation is 1. The Morgan fingerprint density at radius 1 is 0.737 bits per heavy atom. The molecule has 0 spiro atoms. The summed E-state index contributed by atoms with van der Waals surface area (Å²) in [5, 5.41) is 2.55. The summed E-state index contributed by atoms with van der Waals surface area (Å²) in [5.41, 5.74) is 2.50. The first-order valence-corrected chi connectivity index (χ1v) is 6.42. The van der Waals surface area contributed by atoms with E-state index in [-0.39, 0.29) is 0 Å². The van der Waals surface area contributed by atoms with Gasteiger partial charge in [0.05, 0.1) is 0 Å².